The summed E-state index contributed by atoms with van der Waals surface area (Å²) in [7, 11) is 0. The van der Waals surface area contributed by atoms with Gasteiger partial charge in [-0.05, 0) is 0 Å². The maximum absolute atomic E-state index is 12.5. The average Bonchev–Trinajstić information content (AvgIpc) is 1.61. The molecule has 0 fully saturated rings. The van der Waals surface area contributed by atoms with Crippen molar-refractivity contribution in [2.45, 2.75) is 26.9 Å². The van der Waals surface area contributed by atoms with Crippen LogP contribution in [-0.2, 0) is 4.74 Å². The lowest BCUT2D eigenvalue weighted by atomic mass is 9.95. The molecule has 0 spiro atoms. The van der Waals surface area contributed by atoms with Gasteiger partial charge in [-0.15, -0.1) is 0 Å². The molecule has 0 aliphatic carbocycles. The topological polar surface area (TPSA) is 9.23 Å². The van der Waals surface area contributed by atoms with E-state index in [2.05, 4.69) is 4.74 Å². The van der Waals surface area contributed by atoms with Gasteiger partial charge in [-0.25, -0.2) is 4.39 Å². The number of hydrogen-bond acceptors (Lipinski definition) is 1. The fourth-order valence-corrected chi connectivity index (χ4v) is 0.285. The normalized spacial score (nSPS) is 13.8. The van der Waals surface area contributed by atoms with E-state index < -0.39 is 18.4 Å². The van der Waals surface area contributed by atoms with Crippen molar-refractivity contribution in [2.75, 3.05) is 6.86 Å². The second-order valence-electron chi connectivity index (χ2n) is 3.02. The molecule has 4 heteroatoms. The molecule has 0 bridgehead atoms. The van der Waals surface area contributed by atoms with Gasteiger partial charge in [-0.3, -0.25) is 4.74 Å². The Bertz CT molecular complexity index is 106. The minimum Gasteiger partial charge on any atom is -0.288 e. The summed E-state index contributed by atoms with van der Waals surface area (Å²) in [6, 6.07) is 0. The zero-order valence-corrected chi connectivity index (χ0v) is 6.25. The highest BCUT2D eigenvalue weighted by Crippen LogP contribution is 2.36. The number of halogens is 3. The number of rotatable bonds is 2. The van der Waals surface area contributed by atoms with Gasteiger partial charge in [0.2, 0.25) is 0 Å². The minimum absolute atomic E-state index is 1.28. The number of hydrogen-bond donors (Lipinski definition) is 0. The van der Waals surface area contributed by atoms with Crippen molar-refractivity contribution in [2.24, 2.45) is 5.41 Å². The van der Waals surface area contributed by atoms with E-state index in [9.17, 15) is 13.2 Å². The summed E-state index contributed by atoms with van der Waals surface area (Å²) in [5.41, 5.74) is -1.35. The van der Waals surface area contributed by atoms with E-state index in [4.69, 9.17) is 0 Å². The van der Waals surface area contributed by atoms with Crippen LogP contribution < -0.4 is 0 Å². The second kappa shape index (κ2) is 2.78. The second-order valence-corrected chi connectivity index (χ2v) is 3.02. The summed E-state index contributed by atoms with van der Waals surface area (Å²) in [5.74, 6) is 0. The third-order valence-electron chi connectivity index (χ3n) is 1.11. The Balaban J connectivity index is 4.10. The summed E-state index contributed by atoms with van der Waals surface area (Å²) >= 11 is 0. The van der Waals surface area contributed by atoms with Gasteiger partial charge in [0.05, 0.1) is 5.41 Å². The van der Waals surface area contributed by atoms with Crippen molar-refractivity contribution in [1.82, 2.24) is 0 Å². The van der Waals surface area contributed by atoms with Gasteiger partial charge in [0, 0.05) is 0 Å². The van der Waals surface area contributed by atoms with E-state index in [0.29, 0.717) is 0 Å². The van der Waals surface area contributed by atoms with Crippen LogP contribution in [0.5, 0.6) is 0 Å². The van der Waals surface area contributed by atoms with E-state index in [1.807, 2.05) is 0 Å². The van der Waals surface area contributed by atoms with Crippen LogP contribution in [0.3, 0.4) is 0 Å². The molecule has 62 valence electrons. The van der Waals surface area contributed by atoms with Gasteiger partial charge in [0.15, 0.2) is 6.86 Å². The number of ether oxygens (including phenoxy) is 1. The molecule has 0 aromatic carbocycles. The third kappa shape index (κ3) is 2.17. The van der Waals surface area contributed by atoms with Crippen molar-refractivity contribution in [3.8, 4) is 0 Å². The SMILES string of the molecule is CC(C)(C)C(F)(F)OCF. The molecule has 0 unspecified atom stereocenters. The molecule has 0 saturated heterocycles. The standard InChI is InChI=1S/C6H11F3O/c1-5(2,3)6(8,9)10-4-7/h4H2,1-3H3. The Hall–Kier alpha value is -0.250. The van der Waals surface area contributed by atoms with Crippen LogP contribution in [0.25, 0.3) is 0 Å². The molecule has 0 aliphatic rings. The van der Waals surface area contributed by atoms with Crippen molar-refractivity contribution >= 4 is 0 Å². The molecular formula is C6H11F3O. The van der Waals surface area contributed by atoms with Crippen molar-refractivity contribution in [1.29, 1.82) is 0 Å². The molecule has 0 radical (unpaired) electrons. The van der Waals surface area contributed by atoms with Crippen molar-refractivity contribution in [3.63, 3.8) is 0 Å². The van der Waals surface area contributed by atoms with Crippen LogP contribution in [0.15, 0.2) is 0 Å². The Morgan fingerprint density at radius 1 is 1.20 bits per heavy atom. The van der Waals surface area contributed by atoms with E-state index in [-0.39, 0.29) is 0 Å². The summed E-state index contributed by atoms with van der Waals surface area (Å²) in [6.07, 6.45) is -3.39. The van der Waals surface area contributed by atoms with Gasteiger partial charge in [0.1, 0.15) is 0 Å². The van der Waals surface area contributed by atoms with Gasteiger partial charge in [-0.1, -0.05) is 20.8 Å². The summed E-state index contributed by atoms with van der Waals surface area (Å²) in [6.45, 7) is 2.39. The van der Waals surface area contributed by atoms with Crippen LogP contribution >= 0.6 is 0 Å². The maximum atomic E-state index is 12.5. The lowest BCUT2D eigenvalue weighted by Crippen LogP contribution is -2.36. The first-order valence-electron chi connectivity index (χ1n) is 2.89. The quantitative estimate of drug-likeness (QED) is 0.597. The summed E-state index contributed by atoms with van der Waals surface area (Å²) in [4.78, 5) is 0. The lowest BCUT2D eigenvalue weighted by Gasteiger charge is -2.28. The molecule has 0 amide bonds. The van der Waals surface area contributed by atoms with Gasteiger partial charge in [-0.2, -0.15) is 8.78 Å². The smallest absolute Gasteiger partial charge is 0.288 e. The molecule has 0 N–H and O–H groups in total. The largest absolute Gasteiger partial charge is 0.362 e. The molecule has 0 saturated carbocycles. The molecule has 0 aromatic rings. The third-order valence-corrected chi connectivity index (χ3v) is 1.11. The van der Waals surface area contributed by atoms with E-state index in [0.717, 1.165) is 0 Å². The molecule has 10 heavy (non-hydrogen) atoms. The van der Waals surface area contributed by atoms with Gasteiger partial charge < -0.3 is 0 Å². The lowest BCUT2D eigenvalue weighted by molar-refractivity contribution is -0.307. The van der Waals surface area contributed by atoms with Crippen LogP contribution in [0.2, 0.25) is 0 Å². The first-order valence-corrected chi connectivity index (χ1v) is 2.89. The fraction of sp³-hybridized carbons (Fsp3) is 1.00. The monoisotopic (exact) mass is 156 g/mol. The molecule has 0 aliphatic heterocycles. The fourth-order valence-electron chi connectivity index (χ4n) is 0.285. The minimum atomic E-state index is -3.39. The molecule has 0 rings (SSSR count). The maximum Gasteiger partial charge on any atom is 0.362 e. The first-order chi connectivity index (χ1) is 4.31. The van der Waals surface area contributed by atoms with Crippen LogP contribution in [0.4, 0.5) is 13.2 Å². The molecule has 0 aromatic heterocycles. The number of alkyl halides is 3. The van der Waals surface area contributed by atoms with Crippen LogP contribution in [-0.4, -0.2) is 13.0 Å². The highest BCUT2D eigenvalue weighted by molar-refractivity contribution is 4.71. The van der Waals surface area contributed by atoms with Gasteiger partial charge in [0.25, 0.3) is 0 Å². The average molecular weight is 156 g/mol. The zero-order valence-electron chi connectivity index (χ0n) is 6.25. The Morgan fingerprint density at radius 3 is 1.70 bits per heavy atom. The zero-order chi connectivity index (χ0) is 8.41. The van der Waals surface area contributed by atoms with E-state index in [1.165, 1.54) is 20.8 Å². The van der Waals surface area contributed by atoms with E-state index >= 15 is 0 Å². The predicted octanol–water partition coefficient (Wildman–Crippen LogP) is 2.57. The van der Waals surface area contributed by atoms with Crippen molar-refractivity contribution < 1.29 is 17.9 Å². The molecular weight excluding hydrogens is 145 g/mol. The Labute approximate surface area is 58.2 Å². The Morgan fingerprint density at radius 2 is 1.60 bits per heavy atom. The Kier molecular flexibility index (Phi) is 2.71. The molecule has 0 heterocycles. The van der Waals surface area contributed by atoms with Crippen molar-refractivity contribution in [3.05, 3.63) is 0 Å². The van der Waals surface area contributed by atoms with E-state index in [1.54, 1.807) is 0 Å². The molecule has 1 nitrogen and oxygen atoms in total. The summed E-state index contributed by atoms with van der Waals surface area (Å²) in [5, 5.41) is 0. The van der Waals surface area contributed by atoms with Crippen LogP contribution in [0, 0.1) is 5.41 Å². The van der Waals surface area contributed by atoms with Gasteiger partial charge >= 0.3 is 6.11 Å². The highest BCUT2D eigenvalue weighted by Gasteiger charge is 2.44. The predicted molar refractivity (Wildman–Crippen MR) is 31.5 cm³/mol. The first kappa shape index (κ1) is 9.75. The summed E-state index contributed by atoms with van der Waals surface area (Å²) < 4.78 is 39.8. The molecule has 0 atom stereocenters. The van der Waals surface area contributed by atoms with Crippen LogP contribution in [0.1, 0.15) is 20.8 Å². The highest BCUT2D eigenvalue weighted by atomic mass is 19.3.